The molecule has 1 atom stereocenters. The molecule has 0 saturated carbocycles. The third kappa shape index (κ3) is 5.34. The lowest BCUT2D eigenvalue weighted by atomic mass is 10.1. The Hall–Kier alpha value is -1.55. The van der Waals surface area contributed by atoms with Crippen molar-refractivity contribution in [2.45, 2.75) is 46.3 Å². The minimum absolute atomic E-state index is 0.186. The van der Waals surface area contributed by atoms with Crippen LogP contribution in [0.5, 0.6) is 0 Å². The summed E-state index contributed by atoms with van der Waals surface area (Å²) in [5.41, 5.74) is 2.18. The van der Waals surface area contributed by atoms with Gasteiger partial charge in [-0.05, 0) is 45.6 Å². The van der Waals surface area contributed by atoms with Crippen LogP contribution in [0, 0.1) is 12.8 Å². The van der Waals surface area contributed by atoms with E-state index in [9.17, 15) is 4.79 Å². The van der Waals surface area contributed by atoms with Crippen molar-refractivity contribution >= 4 is 6.09 Å². The molecular formula is C18H28N2O2. The highest BCUT2D eigenvalue weighted by molar-refractivity contribution is 5.68. The lowest BCUT2D eigenvalue weighted by molar-refractivity contribution is 0.0288. The Bertz CT molecular complexity index is 508. The number of carbonyl (C=O) groups is 1. The highest BCUT2D eigenvalue weighted by atomic mass is 16.6. The van der Waals surface area contributed by atoms with Gasteiger partial charge in [0, 0.05) is 26.2 Å². The zero-order valence-corrected chi connectivity index (χ0v) is 14.2. The van der Waals surface area contributed by atoms with Gasteiger partial charge in [0.15, 0.2) is 0 Å². The molecule has 2 rings (SSSR count). The summed E-state index contributed by atoms with van der Waals surface area (Å²) < 4.78 is 5.42. The average molecular weight is 304 g/mol. The predicted octanol–water partition coefficient (Wildman–Crippen LogP) is 3.34. The summed E-state index contributed by atoms with van der Waals surface area (Å²) in [6.07, 6.45) is 0.855. The van der Waals surface area contributed by atoms with E-state index in [4.69, 9.17) is 4.74 Å². The second kappa shape index (κ2) is 7.14. The molecule has 1 unspecified atom stereocenters. The van der Waals surface area contributed by atoms with E-state index < -0.39 is 5.60 Å². The molecule has 0 radical (unpaired) electrons. The van der Waals surface area contributed by atoms with Crippen LogP contribution in [-0.4, -0.2) is 36.2 Å². The Balaban J connectivity index is 1.71. The van der Waals surface area contributed by atoms with Gasteiger partial charge < -0.3 is 15.0 Å². The maximum Gasteiger partial charge on any atom is 0.410 e. The largest absolute Gasteiger partial charge is 0.444 e. The first kappa shape index (κ1) is 16.8. The molecule has 1 saturated heterocycles. The summed E-state index contributed by atoms with van der Waals surface area (Å²) in [7, 11) is 0. The van der Waals surface area contributed by atoms with Gasteiger partial charge in [-0.3, -0.25) is 0 Å². The monoisotopic (exact) mass is 304 g/mol. The molecule has 1 amide bonds. The van der Waals surface area contributed by atoms with Crippen LogP contribution in [-0.2, 0) is 11.3 Å². The average Bonchev–Trinajstić information content (AvgIpc) is 2.86. The lowest BCUT2D eigenvalue weighted by Gasteiger charge is -2.24. The van der Waals surface area contributed by atoms with Crippen LogP contribution in [0.25, 0.3) is 0 Å². The summed E-state index contributed by atoms with van der Waals surface area (Å²) in [5.74, 6) is 0.511. The molecule has 0 spiro atoms. The Kier molecular flexibility index (Phi) is 5.46. The van der Waals surface area contributed by atoms with Crippen LogP contribution in [0.4, 0.5) is 4.79 Å². The molecule has 0 bridgehead atoms. The molecular weight excluding hydrogens is 276 g/mol. The molecule has 1 aliphatic heterocycles. The Morgan fingerprint density at radius 2 is 2.18 bits per heavy atom. The van der Waals surface area contributed by atoms with E-state index in [1.807, 2.05) is 25.7 Å². The van der Waals surface area contributed by atoms with E-state index in [1.54, 1.807) is 0 Å². The molecule has 1 aromatic carbocycles. The van der Waals surface area contributed by atoms with Crippen LogP contribution >= 0.6 is 0 Å². The van der Waals surface area contributed by atoms with Crippen molar-refractivity contribution in [3.8, 4) is 0 Å². The van der Waals surface area contributed by atoms with Crippen LogP contribution < -0.4 is 5.32 Å². The van der Waals surface area contributed by atoms with E-state index >= 15 is 0 Å². The first-order valence-electron chi connectivity index (χ1n) is 8.08. The van der Waals surface area contributed by atoms with Crippen molar-refractivity contribution in [2.75, 3.05) is 19.6 Å². The van der Waals surface area contributed by atoms with Crippen molar-refractivity contribution < 1.29 is 9.53 Å². The van der Waals surface area contributed by atoms with Crippen LogP contribution in [0.15, 0.2) is 24.3 Å². The van der Waals surface area contributed by atoms with Crippen LogP contribution in [0.2, 0.25) is 0 Å². The quantitative estimate of drug-likeness (QED) is 0.927. The van der Waals surface area contributed by atoms with Gasteiger partial charge in [0.1, 0.15) is 5.60 Å². The fraction of sp³-hybridized carbons (Fsp3) is 0.611. The summed E-state index contributed by atoms with van der Waals surface area (Å²) in [4.78, 5) is 13.8. The molecule has 0 aliphatic carbocycles. The predicted molar refractivity (Wildman–Crippen MR) is 88.8 cm³/mol. The second-order valence-electron chi connectivity index (χ2n) is 7.20. The number of hydrogen-bond donors (Lipinski definition) is 1. The molecule has 1 N–H and O–H groups in total. The van der Waals surface area contributed by atoms with Crippen molar-refractivity contribution in [1.29, 1.82) is 0 Å². The maximum absolute atomic E-state index is 12.0. The molecule has 4 nitrogen and oxygen atoms in total. The van der Waals surface area contributed by atoms with Gasteiger partial charge in [0.25, 0.3) is 0 Å². The summed E-state index contributed by atoms with van der Waals surface area (Å²) in [5, 5.41) is 3.50. The number of amides is 1. The minimum Gasteiger partial charge on any atom is -0.444 e. The highest BCUT2D eigenvalue weighted by Crippen LogP contribution is 2.19. The summed E-state index contributed by atoms with van der Waals surface area (Å²) >= 11 is 0. The SMILES string of the molecule is Cc1cccc(CNCC2CCN(C(=O)OC(C)(C)C)C2)c1. The fourth-order valence-corrected chi connectivity index (χ4v) is 2.73. The van der Waals surface area contributed by atoms with Crippen LogP contribution in [0.1, 0.15) is 38.3 Å². The molecule has 22 heavy (non-hydrogen) atoms. The fourth-order valence-electron chi connectivity index (χ4n) is 2.73. The third-order valence-electron chi connectivity index (χ3n) is 3.78. The maximum atomic E-state index is 12.0. The van der Waals surface area contributed by atoms with E-state index in [-0.39, 0.29) is 6.09 Å². The second-order valence-corrected chi connectivity index (χ2v) is 7.20. The normalized spacial score (nSPS) is 18.5. The van der Waals surface area contributed by atoms with Gasteiger partial charge in [-0.25, -0.2) is 4.79 Å². The molecule has 1 heterocycles. The van der Waals surface area contributed by atoms with Gasteiger partial charge in [-0.2, -0.15) is 0 Å². The molecule has 1 fully saturated rings. The number of likely N-dealkylation sites (tertiary alicyclic amines) is 1. The van der Waals surface area contributed by atoms with E-state index in [1.165, 1.54) is 11.1 Å². The third-order valence-corrected chi connectivity index (χ3v) is 3.78. The van der Waals surface area contributed by atoms with Crippen LogP contribution in [0.3, 0.4) is 0 Å². The van der Waals surface area contributed by atoms with E-state index in [0.29, 0.717) is 5.92 Å². The Labute approximate surface area is 133 Å². The first-order valence-corrected chi connectivity index (χ1v) is 8.08. The summed E-state index contributed by atoms with van der Waals surface area (Å²) in [6.45, 7) is 11.2. The molecule has 0 aromatic heterocycles. The van der Waals surface area contributed by atoms with Crippen molar-refractivity contribution in [3.63, 3.8) is 0 Å². The minimum atomic E-state index is -0.418. The number of nitrogens with zero attached hydrogens (tertiary/aromatic N) is 1. The zero-order chi connectivity index (χ0) is 16.2. The number of nitrogens with one attached hydrogen (secondary N) is 1. The topological polar surface area (TPSA) is 41.6 Å². The standard InChI is InChI=1S/C18H28N2O2/c1-14-6-5-7-15(10-14)11-19-12-16-8-9-20(13-16)17(21)22-18(2,3)4/h5-7,10,16,19H,8-9,11-13H2,1-4H3. The number of ether oxygens (including phenoxy) is 1. The highest BCUT2D eigenvalue weighted by Gasteiger charge is 2.29. The van der Waals surface area contributed by atoms with Gasteiger partial charge in [-0.1, -0.05) is 29.8 Å². The lowest BCUT2D eigenvalue weighted by Crippen LogP contribution is -2.36. The van der Waals surface area contributed by atoms with Gasteiger partial charge in [0.05, 0.1) is 0 Å². The number of carbonyl (C=O) groups excluding carboxylic acids is 1. The number of rotatable bonds is 4. The zero-order valence-electron chi connectivity index (χ0n) is 14.2. The molecule has 122 valence electrons. The van der Waals surface area contributed by atoms with Crippen molar-refractivity contribution in [1.82, 2.24) is 10.2 Å². The smallest absolute Gasteiger partial charge is 0.410 e. The number of aryl methyl sites for hydroxylation is 1. The van der Waals surface area contributed by atoms with Crippen molar-refractivity contribution in [2.24, 2.45) is 5.92 Å². The molecule has 1 aliphatic rings. The van der Waals surface area contributed by atoms with E-state index in [0.717, 1.165) is 32.6 Å². The molecule has 4 heteroatoms. The van der Waals surface area contributed by atoms with Gasteiger partial charge >= 0.3 is 6.09 Å². The number of hydrogen-bond acceptors (Lipinski definition) is 3. The Morgan fingerprint density at radius 3 is 2.86 bits per heavy atom. The van der Waals surface area contributed by atoms with Gasteiger partial charge in [-0.15, -0.1) is 0 Å². The molecule has 1 aromatic rings. The first-order chi connectivity index (χ1) is 10.3. The number of benzene rings is 1. The Morgan fingerprint density at radius 1 is 1.41 bits per heavy atom. The summed E-state index contributed by atoms with van der Waals surface area (Å²) in [6, 6.07) is 8.54. The van der Waals surface area contributed by atoms with E-state index in [2.05, 4.69) is 36.5 Å². The van der Waals surface area contributed by atoms with Crippen molar-refractivity contribution in [3.05, 3.63) is 35.4 Å². The van der Waals surface area contributed by atoms with Gasteiger partial charge in [0.2, 0.25) is 0 Å².